The fourth-order valence-corrected chi connectivity index (χ4v) is 3.32. The van der Waals surface area contributed by atoms with Crippen LogP contribution in [0.1, 0.15) is 28.7 Å². The van der Waals surface area contributed by atoms with E-state index in [9.17, 15) is 19.4 Å². The number of halogens is 1. The van der Waals surface area contributed by atoms with E-state index < -0.39 is 5.54 Å². The number of fused-ring (bicyclic) bond motifs is 1. The molecule has 0 aliphatic rings. The number of carbonyl (C=O) groups excluding carboxylic acids is 1. The van der Waals surface area contributed by atoms with E-state index in [1.807, 2.05) is 11.5 Å². The number of aromatic nitrogens is 2. The predicted octanol–water partition coefficient (Wildman–Crippen LogP) is 2.20. The maximum atomic E-state index is 14.0. The Morgan fingerprint density at radius 3 is 2.68 bits per heavy atom. The largest absolute Gasteiger partial charge is 0.395 e. The molecular formula is C21H24FN3O3. The zero-order valence-corrected chi connectivity index (χ0v) is 15.9. The van der Waals surface area contributed by atoms with Gasteiger partial charge >= 0.3 is 0 Å². The monoisotopic (exact) mass is 385 g/mol. The molecule has 0 aliphatic carbocycles. The van der Waals surface area contributed by atoms with Crippen molar-refractivity contribution < 1.29 is 19.4 Å². The molecule has 1 atom stereocenters. The van der Waals surface area contributed by atoms with Crippen LogP contribution in [0.15, 0.2) is 42.5 Å². The molecule has 1 heterocycles. The Bertz CT molecular complexity index is 1000. The Kier molecular flexibility index (Phi) is 5.76. The predicted molar refractivity (Wildman–Crippen MR) is 105 cm³/mol. The average molecular weight is 385 g/mol. The summed E-state index contributed by atoms with van der Waals surface area (Å²) in [5.74, 6) is 0.00764. The average Bonchev–Trinajstić information content (AvgIpc) is 2.98. The minimum Gasteiger partial charge on any atom is -0.395 e. The number of hydrogen-bond donors (Lipinski definition) is 3. The third-order valence-electron chi connectivity index (χ3n) is 4.83. The van der Waals surface area contributed by atoms with Crippen LogP contribution in [-0.4, -0.2) is 44.4 Å². The van der Waals surface area contributed by atoms with Crippen molar-refractivity contribution in [3.8, 4) is 0 Å². The smallest absolute Gasteiger partial charge is 0.251 e. The zero-order valence-electron chi connectivity index (χ0n) is 15.9. The van der Waals surface area contributed by atoms with Crippen molar-refractivity contribution in [2.45, 2.75) is 32.4 Å². The highest BCUT2D eigenvalue weighted by molar-refractivity contribution is 5.97. The molecule has 3 rings (SSSR count). The molecule has 0 saturated carbocycles. The van der Waals surface area contributed by atoms with E-state index >= 15 is 0 Å². The minimum absolute atomic E-state index is 0.000558. The van der Waals surface area contributed by atoms with Crippen LogP contribution >= 0.6 is 0 Å². The Balaban J connectivity index is 1.83. The summed E-state index contributed by atoms with van der Waals surface area (Å²) < 4.78 is 15.9. The van der Waals surface area contributed by atoms with Gasteiger partial charge in [-0.3, -0.25) is 4.79 Å². The van der Waals surface area contributed by atoms with Crippen LogP contribution in [-0.2, 0) is 13.0 Å². The van der Waals surface area contributed by atoms with Crippen molar-refractivity contribution in [2.75, 3.05) is 13.2 Å². The Hall–Kier alpha value is -2.77. The molecule has 2 aromatic carbocycles. The van der Waals surface area contributed by atoms with Crippen molar-refractivity contribution in [3.05, 3.63) is 65.2 Å². The first-order valence-electron chi connectivity index (χ1n) is 9.11. The maximum Gasteiger partial charge on any atom is 0.251 e. The van der Waals surface area contributed by atoms with Gasteiger partial charge < -0.3 is 20.1 Å². The topological polar surface area (TPSA) is 87.4 Å². The van der Waals surface area contributed by atoms with Crippen molar-refractivity contribution in [1.82, 2.24) is 14.9 Å². The summed E-state index contributed by atoms with van der Waals surface area (Å²) in [5, 5.41) is 21.8. The van der Waals surface area contributed by atoms with E-state index in [1.54, 1.807) is 43.3 Å². The molecular weight excluding hydrogens is 361 g/mol. The van der Waals surface area contributed by atoms with Crippen LogP contribution in [0.2, 0.25) is 0 Å². The number of aryl methyl sites for hydroxylation is 1. The van der Waals surface area contributed by atoms with Gasteiger partial charge in [-0.15, -0.1) is 0 Å². The molecule has 0 fully saturated rings. The second-order valence-electron chi connectivity index (χ2n) is 7.18. The van der Waals surface area contributed by atoms with E-state index in [1.165, 1.54) is 6.07 Å². The summed E-state index contributed by atoms with van der Waals surface area (Å²) in [5.41, 5.74) is 1.29. The second-order valence-corrected chi connectivity index (χ2v) is 7.18. The van der Waals surface area contributed by atoms with Gasteiger partial charge in [0.15, 0.2) is 0 Å². The molecule has 1 aromatic heterocycles. The SMILES string of the molecule is Cc1nc2cc(C(=O)NC(C)(CO)Cc3ccccc3F)ccc2n1CCO. The summed E-state index contributed by atoms with van der Waals surface area (Å²) in [6, 6.07) is 11.4. The Labute approximate surface area is 162 Å². The lowest BCUT2D eigenvalue weighted by atomic mass is 9.92. The van der Waals surface area contributed by atoms with Crippen LogP contribution < -0.4 is 5.32 Å². The number of amides is 1. The molecule has 1 amide bonds. The van der Waals surface area contributed by atoms with Crippen molar-refractivity contribution >= 4 is 16.9 Å². The lowest BCUT2D eigenvalue weighted by Crippen LogP contribution is -2.50. The summed E-state index contributed by atoms with van der Waals surface area (Å²) >= 11 is 0. The van der Waals surface area contributed by atoms with Crippen LogP contribution in [0.25, 0.3) is 11.0 Å². The minimum atomic E-state index is -1.01. The molecule has 148 valence electrons. The van der Waals surface area contributed by atoms with Crippen molar-refractivity contribution in [3.63, 3.8) is 0 Å². The Morgan fingerprint density at radius 2 is 2.00 bits per heavy atom. The third kappa shape index (κ3) is 4.05. The molecule has 3 aromatic rings. The number of benzene rings is 2. The molecule has 3 N–H and O–H groups in total. The van der Waals surface area contributed by atoms with Gasteiger partial charge in [0.1, 0.15) is 11.6 Å². The first-order chi connectivity index (χ1) is 13.4. The number of imidazole rings is 1. The van der Waals surface area contributed by atoms with E-state index in [-0.39, 0.29) is 31.4 Å². The van der Waals surface area contributed by atoms with Crippen molar-refractivity contribution in [1.29, 1.82) is 0 Å². The van der Waals surface area contributed by atoms with E-state index in [0.717, 1.165) is 11.3 Å². The lowest BCUT2D eigenvalue weighted by Gasteiger charge is -2.29. The van der Waals surface area contributed by atoms with E-state index in [4.69, 9.17) is 0 Å². The first kappa shape index (κ1) is 20.0. The molecule has 6 nitrogen and oxygen atoms in total. The van der Waals surface area contributed by atoms with Gasteiger partial charge in [0, 0.05) is 18.5 Å². The van der Waals surface area contributed by atoms with Gasteiger partial charge in [0.05, 0.1) is 29.8 Å². The number of hydrogen-bond acceptors (Lipinski definition) is 4. The van der Waals surface area contributed by atoms with Gasteiger partial charge in [-0.05, 0) is 43.7 Å². The van der Waals surface area contributed by atoms with E-state index in [0.29, 0.717) is 23.2 Å². The van der Waals surface area contributed by atoms with Gasteiger partial charge in [-0.25, -0.2) is 9.37 Å². The van der Waals surface area contributed by atoms with Crippen LogP contribution in [0.4, 0.5) is 4.39 Å². The number of rotatable bonds is 7. The second kappa shape index (κ2) is 8.08. The zero-order chi connectivity index (χ0) is 20.3. The highest BCUT2D eigenvalue weighted by atomic mass is 19.1. The Morgan fingerprint density at radius 1 is 1.25 bits per heavy atom. The summed E-state index contributed by atoms with van der Waals surface area (Å²) in [6.07, 6.45) is 0.161. The third-order valence-corrected chi connectivity index (χ3v) is 4.83. The first-order valence-corrected chi connectivity index (χ1v) is 9.11. The quantitative estimate of drug-likeness (QED) is 0.582. The maximum absolute atomic E-state index is 14.0. The highest BCUT2D eigenvalue weighted by Crippen LogP contribution is 2.20. The fourth-order valence-electron chi connectivity index (χ4n) is 3.32. The van der Waals surface area contributed by atoms with Crippen LogP contribution in [0.3, 0.4) is 0 Å². The summed E-state index contributed by atoms with van der Waals surface area (Å²) in [4.78, 5) is 17.2. The molecule has 0 saturated heterocycles. The van der Waals surface area contributed by atoms with Crippen molar-refractivity contribution in [2.24, 2.45) is 0 Å². The molecule has 0 aliphatic heterocycles. The van der Waals surface area contributed by atoms with E-state index in [2.05, 4.69) is 10.3 Å². The van der Waals surface area contributed by atoms with Gasteiger partial charge in [0.25, 0.3) is 5.91 Å². The van der Waals surface area contributed by atoms with Crippen LogP contribution in [0.5, 0.6) is 0 Å². The fraction of sp³-hybridized carbons (Fsp3) is 0.333. The number of nitrogens with zero attached hydrogens (tertiary/aromatic N) is 2. The molecule has 28 heavy (non-hydrogen) atoms. The normalized spacial score (nSPS) is 13.5. The molecule has 1 unspecified atom stereocenters. The molecule has 0 bridgehead atoms. The molecule has 0 radical (unpaired) electrons. The van der Waals surface area contributed by atoms with Gasteiger partial charge in [-0.1, -0.05) is 18.2 Å². The standard InChI is InChI=1S/C21H24FN3O3/c1-14-23-18-11-15(7-8-19(18)25(14)9-10-26)20(28)24-21(2,13-27)12-16-5-3-4-6-17(16)22/h3-8,11,26-27H,9-10,12-13H2,1-2H3,(H,24,28). The number of aliphatic hydroxyl groups is 2. The van der Waals surface area contributed by atoms with Gasteiger partial charge in [-0.2, -0.15) is 0 Å². The number of nitrogens with one attached hydrogen (secondary N) is 1. The molecule has 0 spiro atoms. The highest BCUT2D eigenvalue weighted by Gasteiger charge is 2.28. The summed E-state index contributed by atoms with van der Waals surface area (Å²) in [6.45, 7) is 3.61. The van der Waals surface area contributed by atoms with Gasteiger partial charge in [0.2, 0.25) is 0 Å². The summed E-state index contributed by atoms with van der Waals surface area (Å²) in [7, 11) is 0. The number of aliphatic hydroxyl groups excluding tert-OH is 2. The van der Waals surface area contributed by atoms with Crippen LogP contribution in [0, 0.1) is 12.7 Å². The molecule has 7 heteroatoms. The number of carbonyl (C=O) groups is 1. The lowest BCUT2D eigenvalue weighted by molar-refractivity contribution is 0.0851.